The highest BCUT2D eigenvalue weighted by molar-refractivity contribution is 5.92. The van der Waals surface area contributed by atoms with Crippen LogP contribution in [0.4, 0.5) is 10.1 Å². The Balaban J connectivity index is 1.44. The monoisotopic (exact) mass is 358 g/mol. The molecule has 0 unspecified atom stereocenters. The summed E-state index contributed by atoms with van der Waals surface area (Å²) in [5.41, 5.74) is 1.62. The van der Waals surface area contributed by atoms with Crippen LogP contribution in [0.5, 0.6) is 0 Å². The number of pyridine rings is 1. The molecule has 1 amide bonds. The van der Waals surface area contributed by atoms with Crippen molar-refractivity contribution in [3.8, 4) is 0 Å². The average Bonchev–Trinajstić information content (AvgIpc) is 2.68. The number of carbonyl (C=O) groups excluding carboxylic acids is 1. The van der Waals surface area contributed by atoms with Crippen molar-refractivity contribution < 1.29 is 13.9 Å². The zero-order valence-electron chi connectivity index (χ0n) is 14.6. The van der Waals surface area contributed by atoms with Crippen LogP contribution >= 0.6 is 0 Å². The van der Waals surface area contributed by atoms with E-state index in [1.165, 1.54) is 6.07 Å². The lowest BCUT2D eigenvalue weighted by Crippen LogP contribution is -2.39. The standard InChI is InChI=1S/C19H23FN4O2/c20-17-4-2-1-3-15(17)13-23-19(25)18-6-5-16(14-22-18)21-7-8-24-9-11-26-12-10-24/h1-6,14,21H,7-13H2,(H,23,25). The smallest absolute Gasteiger partial charge is 0.270 e. The minimum Gasteiger partial charge on any atom is -0.383 e. The second-order valence-electron chi connectivity index (χ2n) is 6.09. The maximum absolute atomic E-state index is 13.6. The predicted octanol–water partition coefficient (Wildman–Crippen LogP) is 1.89. The molecule has 0 atom stereocenters. The van der Waals surface area contributed by atoms with Crippen LogP contribution in [0.2, 0.25) is 0 Å². The molecule has 0 radical (unpaired) electrons. The minimum atomic E-state index is -0.333. The van der Waals surface area contributed by atoms with Gasteiger partial charge in [-0.2, -0.15) is 0 Å². The first-order chi connectivity index (χ1) is 12.7. The molecule has 6 nitrogen and oxygen atoms in total. The van der Waals surface area contributed by atoms with Gasteiger partial charge >= 0.3 is 0 Å². The van der Waals surface area contributed by atoms with Gasteiger partial charge in [-0.15, -0.1) is 0 Å². The maximum Gasteiger partial charge on any atom is 0.270 e. The van der Waals surface area contributed by atoms with E-state index in [-0.39, 0.29) is 18.3 Å². The number of rotatable bonds is 7. The number of aromatic nitrogens is 1. The molecule has 0 spiro atoms. The lowest BCUT2D eigenvalue weighted by atomic mass is 10.2. The first kappa shape index (κ1) is 18.3. The molecule has 138 valence electrons. The second kappa shape index (κ2) is 9.26. The molecule has 0 aliphatic carbocycles. The molecule has 2 N–H and O–H groups in total. The highest BCUT2D eigenvalue weighted by Gasteiger charge is 2.10. The van der Waals surface area contributed by atoms with Gasteiger partial charge in [-0.3, -0.25) is 9.69 Å². The average molecular weight is 358 g/mol. The van der Waals surface area contributed by atoms with Crippen molar-refractivity contribution in [3.05, 3.63) is 59.7 Å². The van der Waals surface area contributed by atoms with E-state index >= 15 is 0 Å². The Kier molecular flexibility index (Phi) is 6.51. The molecule has 1 saturated heterocycles. The lowest BCUT2D eigenvalue weighted by Gasteiger charge is -2.26. The quantitative estimate of drug-likeness (QED) is 0.791. The molecule has 2 heterocycles. The molecule has 26 heavy (non-hydrogen) atoms. The van der Waals surface area contributed by atoms with Crippen molar-refractivity contribution in [2.45, 2.75) is 6.54 Å². The Morgan fingerprint density at radius 3 is 2.73 bits per heavy atom. The molecular weight excluding hydrogens is 335 g/mol. The zero-order valence-corrected chi connectivity index (χ0v) is 14.6. The normalized spacial score (nSPS) is 14.8. The second-order valence-corrected chi connectivity index (χ2v) is 6.09. The van der Waals surface area contributed by atoms with E-state index in [0.29, 0.717) is 11.3 Å². The van der Waals surface area contributed by atoms with Crippen LogP contribution in [0.1, 0.15) is 16.1 Å². The highest BCUT2D eigenvalue weighted by Crippen LogP contribution is 2.08. The third kappa shape index (κ3) is 5.24. The van der Waals surface area contributed by atoms with Crippen LogP contribution in [-0.2, 0) is 11.3 Å². The number of carbonyl (C=O) groups is 1. The van der Waals surface area contributed by atoms with Gasteiger partial charge in [0.05, 0.1) is 25.1 Å². The Bertz CT molecular complexity index is 718. The van der Waals surface area contributed by atoms with Gasteiger partial charge in [0.2, 0.25) is 0 Å². The van der Waals surface area contributed by atoms with E-state index in [1.54, 1.807) is 30.5 Å². The van der Waals surface area contributed by atoms with Gasteiger partial charge in [-0.1, -0.05) is 18.2 Å². The van der Waals surface area contributed by atoms with Gasteiger partial charge in [-0.05, 0) is 18.2 Å². The third-order valence-electron chi connectivity index (χ3n) is 4.25. The molecule has 1 aliphatic rings. The number of nitrogens with one attached hydrogen (secondary N) is 2. The van der Waals surface area contributed by atoms with E-state index in [4.69, 9.17) is 4.74 Å². The van der Waals surface area contributed by atoms with Crippen molar-refractivity contribution in [2.24, 2.45) is 0 Å². The Morgan fingerprint density at radius 2 is 2.00 bits per heavy atom. The molecule has 1 aromatic carbocycles. The fourth-order valence-corrected chi connectivity index (χ4v) is 2.72. The number of benzene rings is 1. The summed E-state index contributed by atoms with van der Waals surface area (Å²) in [5.74, 6) is -0.659. The van der Waals surface area contributed by atoms with E-state index in [2.05, 4.69) is 20.5 Å². The molecule has 2 aromatic rings. The van der Waals surface area contributed by atoms with Crippen molar-refractivity contribution in [1.29, 1.82) is 0 Å². The molecule has 0 bridgehead atoms. The van der Waals surface area contributed by atoms with Crippen LogP contribution in [0.25, 0.3) is 0 Å². The molecule has 1 fully saturated rings. The van der Waals surface area contributed by atoms with E-state index in [1.807, 2.05) is 6.07 Å². The van der Waals surface area contributed by atoms with Crippen LogP contribution in [-0.4, -0.2) is 55.2 Å². The fourth-order valence-electron chi connectivity index (χ4n) is 2.72. The molecule has 3 rings (SSSR count). The van der Waals surface area contributed by atoms with Crippen molar-refractivity contribution in [1.82, 2.24) is 15.2 Å². The fraction of sp³-hybridized carbons (Fsp3) is 0.368. The van der Waals surface area contributed by atoms with Crippen molar-refractivity contribution >= 4 is 11.6 Å². The lowest BCUT2D eigenvalue weighted by molar-refractivity contribution is 0.0398. The molecule has 1 aliphatic heterocycles. The number of hydrogen-bond acceptors (Lipinski definition) is 5. The number of ether oxygens (including phenoxy) is 1. The summed E-state index contributed by atoms with van der Waals surface area (Å²) in [5, 5.41) is 5.98. The minimum absolute atomic E-state index is 0.132. The number of hydrogen-bond donors (Lipinski definition) is 2. The molecule has 7 heteroatoms. The number of halogens is 1. The largest absolute Gasteiger partial charge is 0.383 e. The van der Waals surface area contributed by atoms with Gasteiger partial charge in [0, 0.05) is 38.3 Å². The Morgan fingerprint density at radius 1 is 1.19 bits per heavy atom. The molecule has 1 aromatic heterocycles. The third-order valence-corrected chi connectivity index (χ3v) is 4.25. The van der Waals surface area contributed by atoms with Crippen LogP contribution < -0.4 is 10.6 Å². The summed E-state index contributed by atoms with van der Waals surface area (Å²) in [6, 6.07) is 9.85. The van der Waals surface area contributed by atoms with Crippen LogP contribution in [0, 0.1) is 5.82 Å². The van der Waals surface area contributed by atoms with Gasteiger partial charge < -0.3 is 15.4 Å². The van der Waals surface area contributed by atoms with Crippen molar-refractivity contribution in [3.63, 3.8) is 0 Å². The summed E-state index contributed by atoms with van der Waals surface area (Å²) < 4.78 is 18.9. The van der Waals surface area contributed by atoms with Crippen LogP contribution in [0.15, 0.2) is 42.6 Å². The number of morpholine rings is 1. The van der Waals surface area contributed by atoms with Gasteiger partial charge in [0.15, 0.2) is 0 Å². The Hall–Kier alpha value is -2.51. The summed E-state index contributed by atoms with van der Waals surface area (Å²) in [6.45, 7) is 5.38. The molecular formula is C19H23FN4O2. The van der Waals surface area contributed by atoms with E-state index in [0.717, 1.165) is 45.1 Å². The SMILES string of the molecule is O=C(NCc1ccccc1F)c1ccc(NCCN2CCOCC2)cn1. The Labute approximate surface area is 152 Å². The van der Waals surface area contributed by atoms with Gasteiger partial charge in [0.25, 0.3) is 5.91 Å². The highest BCUT2D eigenvalue weighted by atomic mass is 19.1. The summed E-state index contributed by atoms with van der Waals surface area (Å²) in [4.78, 5) is 18.6. The topological polar surface area (TPSA) is 66.5 Å². The first-order valence-electron chi connectivity index (χ1n) is 8.74. The molecule has 0 saturated carbocycles. The number of amides is 1. The summed E-state index contributed by atoms with van der Waals surface area (Å²) in [6.07, 6.45) is 1.64. The van der Waals surface area contributed by atoms with E-state index < -0.39 is 0 Å². The number of anilines is 1. The maximum atomic E-state index is 13.6. The van der Waals surface area contributed by atoms with Crippen LogP contribution in [0.3, 0.4) is 0 Å². The van der Waals surface area contributed by atoms with E-state index in [9.17, 15) is 9.18 Å². The summed E-state index contributed by atoms with van der Waals surface area (Å²) >= 11 is 0. The van der Waals surface area contributed by atoms with Gasteiger partial charge in [-0.25, -0.2) is 9.37 Å². The van der Waals surface area contributed by atoms with Gasteiger partial charge in [0.1, 0.15) is 11.5 Å². The summed E-state index contributed by atoms with van der Waals surface area (Å²) in [7, 11) is 0. The van der Waals surface area contributed by atoms with Crippen molar-refractivity contribution in [2.75, 3.05) is 44.7 Å². The number of nitrogens with zero attached hydrogens (tertiary/aromatic N) is 2. The predicted molar refractivity (Wildman–Crippen MR) is 97.6 cm³/mol. The first-order valence-corrected chi connectivity index (χ1v) is 8.74. The zero-order chi connectivity index (χ0) is 18.2.